The Balaban J connectivity index is 1.85. The lowest BCUT2D eigenvalue weighted by molar-refractivity contribution is -0.120. The van der Waals surface area contributed by atoms with Crippen LogP contribution in [-0.2, 0) is 9.53 Å². The summed E-state index contributed by atoms with van der Waals surface area (Å²) < 4.78 is 6.65. The largest absolute Gasteiger partial charge is 0.349 e. The van der Waals surface area contributed by atoms with Crippen molar-refractivity contribution in [3.8, 4) is 0 Å². The lowest BCUT2D eigenvalue weighted by Crippen LogP contribution is -2.43. The number of halogens is 1. The number of anilines is 1. The van der Waals surface area contributed by atoms with Crippen LogP contribution in [0.3, 0.4) is 0 Å². The molecule has 6 heteroatoms. The van der Waals surface area contributed by atoms with Gasteiger partial charge in [0.1, 0.15) is 0 Å². The highest BCUT2D eigenvalue weighted by atomic mass is 79.9. The van der Waals surface area contributed by atoms with E-state index in [2.05, 4.69) is 57.9 Å². The average molecular weight is 369 g/mol. The lowest BCUT2D eigenvalue weighted by Gasteiger charge is -2.33. The molecule has 0 aliphatic carbocycles. The van der Waals surface area contributed by atoms with Gasteiger partial charge in [0.2, 0.25) is 0 Å². The fraction of sp³-hybridized carbons (Fsp3) is 0.400. The maximum atomic E-state index is 11.2. The minimum Gasteiger partial charge on any atom is -0.349 e. The molecular weight excluding hydrogens is 352 g/mol. The summed E-state index contributed by atoms with van der Waals surface area (Å²) >= 11 is 5.18. The van der Waals surface area contributed by atoms with Crippen LogP contribution in [0, 0.1) is 0 Å². The first-order valence-corrected chi connectivity index (χ1v) is 8.52. The van der Waals surface area contributed by atoms with Gasteiger partial charge in [-0.2, -0.15) is 0 Å². The molecule has 0 radical (unpaired) electrons. The van der Waals surface area contributed by atoms with Crippen molar-refractivity contribution in [3.05, 3.63) is 40.0 Å². The number of ether oxygens (including phenoxy) is 1. The molecule has 1 atom stereocenters. The maximum absolute atomic E-state index is 11.2. The molecule has 1 aromatic carbocycles. The Labute approximate surface area is 137 Å². The Morgan fingerprint density at radius 1 is 1.38 bits per heavy atom. The quantitative estimate of drug-likeness (QED) is 0.763. The van der Waals surface area contributed by atoms with E-state index >= 15 is 0 Å². The summed E-state index contributed by atoms with van der Waals surface area (Å²) in [6.07, 6.45) is 2.49. The van der Waals surface area contributed by atoms with Gasteiger partial charge in [0.05, 0.1) is 23.1 Å². The molecule has 112 valence electrons. The first-order chi connectivity index (χ1) is 10.0. The Morgan fingerprint density at radius 2 is 2.10 bits per heavy atom. The zero-order valence-electron chi connectivity index (χ0n) is 12.0. The summed E-state index contributed by atoms with van der Waals surface area (Å²) in [6, 6.07) is 8.21. The van der Waals surface area contributed by atoms with Crippen LogP contribution in [0.15, 0.2) is 40.0 Å². The summed E-state index contributed by atoms with van der Waals surface area (Å²) in [5.41, 5.74) is 0.974. The highest BCUT2D eigenvalue weighted by molar-refractivity contribution is 9.10. The normalized spacial score (nSPS) is 24.3. The Morgan fingerprint density at radius 3 is 2.76 bits per heavy atom. The highest BCUT2D eigenvalue weighted by Crippen LogP contribution is 2.40. The number of rotatable bonds is 3. The summed E-state index contributed by atoms with van der Waals surface area (Å²) in [5, 5.41) is 1.08. The van der Waals surface area contributed by atoms with Crippen molar-refractivity contribution in [3.63, 3.8) is 0 Å². The first-order valence-electron chi connectivity index (χ1n) is 6.74. The molecule has 0 amide bonds. The van der Waals surface area contributed by atoms with Crippen molar-refractivity contribution in [2.24, 2.45) is 0 Å². The van der Waals surface area contributed by atoms with Gasteiger partial charge in [-0.3, -0.25) is 4.79 Å². The fourth-order valence-corrected chi connectivity index (χ4v) is 4.01. The number of hydrogen-bond donors (Lipinski definition) is 0. The molecule has 0 spiro atoms. The molecular formula is C15H17BrN2O2S. The SMILES string of the molecule is CC1(C)COC(C=O)N1C1=CN(c2ccc(Br)cc2)CS1. The van der Waals surface area contributed by atoms with Crippen LogP contribution in [-0.4, -0.2) is 35.4 Å². The molecule has 1 fully saturated rings. The van der Waals surface area contributed by atoms with Gasteiger partial charge >= 0.3 is 0 Å². The highest BCUT2D eigenvalue weighted by Gasteiger charge is 2.43. The van der Waals surface area contributed by atoms with Gasteiger partial charge in [0, 0.05) is 16.4 Å². The molecule has 0 bridgehead atoms. The third kappa shape index (κ3) is 2.84. The Hall–Kier alpha value is -0.980. The van der Waals surface area contributed by atoms with Crippen molar-refractivity contribution < 1.29 is 9.53 Å². The van der Waals surface area contributed by atoms with E-state index in [1.165, 1.54) is 0 Å². The second-order valence-electron chi connectivity index (χ2n) is 5.71. The molecule has 4 nitrogen and oxygen atoms in total. The standard InChI is InChI=1S/C15H17BrN2O2S/c1-15(2)9-20-13(8-19)18(15)14-7-17(10-21-14)12-5-3-11(16)4-6-12/h3-8,13H,9-10H2,1-2H3. The van der Waals surface area contributed by atoms with Gasteiger partial charge in [0.15, 0.2) is 12.5 Å². The molecule has 2 aliphatic rings. The van der Waals surface area contributed by atoms with Gasteiger partial charge in [-0.1, -0.05) is 27.7 Å². The molecule has 1 saturated heterocycles. The van der Waals surface area contributed by atoms with Crippen molar-refractivity contribution in [1.29, 1.82) is 0 Å². The third-order valence-corrected chi connectivity index (χ3v) is 5.18. The molecule has 3 rings (SSSR count). The second kappa shape index (κ2) is 5.66. The van der Waals surface area contributed by atoms with Crippen LogP contribution in [0.25, 0.3) is 0 Å². The number of benzene rings is 1. The molecule has 0 N–H and O–H groups in total. The van der Waals surface area contributed by atoms with E-state index in [9.17, 15) is 4.79 Å². The second-order valence-corrected chi connectivity index (χ2v) is 7.59. The van der Waals surface area contributed by atoms with Crippen LogP contribution < -0.4 is 4.90 Å². The Kier molecular flexibility index (Phi) is 4.03. The van der Waals surface area contributed by atoms with Crippen molar-refractivity contribution >= 4 is 39.7 Å². The number of nitrogens with zero attached hydrogens (tertiary/aromatic N) is 2. The van der Waals surface area contributed by atoms with Crippen LogP contribution in [0.2, 0.25) is 0 Å². The zero-order chi connectivity index (χ0) is 15.0. The number of hydrogen-bond acceptors (Lipinski definition) is 5. The number of carbonyl (C=O) groups is 1. The van der Waals surface area contributed by atoms with Gasteiger partial charge in [-0.05, 0) is 38.1 Å². The van der Waals surface area contributed by atoms with Crippen LogP contribution in [0.5, 0.6) is 0 Å². The fourth-order valence-electron chi connectivity index (χ4n) is 2.56. The Bertz CT molecular complexity index is 574. The number of thioether (sulfide) groups is 1. The van der Waals surface area contributed by atoms with E-state index in [-0.39, 0.29) is 5.54 Å². The van der Waals surface area contributed by atoms with E-state index in [1.54, 1.807) is 11.8 Å². The van der Waals surface area contributed by atoms with Gasteiger partial charge < -0.3 is 14.5 Å². The number of aldehydes is 1. The molecule has 0 saturated carbocycles. The van der Waals surface area contributed by atoms with Crippen LogP contribution in [0.4, 0.5) is 5.69 Å². The molecule has 1 unspecified atom stereocenters. The average Bonchev–Trinajstić information content (AvgIpc) is 3.03. The smallest absolute Gasteiger partial charge is 0.187 e. The molecule has 0 aromatic heterocycles. The van der Waals surface area contributed by atoms with Crippen LogP contribution in [0.1, 0.15) is 13.8 Å². The summed E-state index contributed by atoms with van der Waals surface area (Å²) in [7, 11) is 0. The topological polar surface area (TPSA) is 32.8 Å². The van der Waals surface area contributed by atoms with Gasteiger partial charge in [-0.25, -0.2) is 0 Å². The van der Waals surface area contributed by atoms with Crippen molar-refractivity contribution in [2.75, 3.05) is 17.4 Å². The van der Waals surface area contributed by atoms with Crippen LogP contribution >= 0.6 is 27.7 Å². The summed E-state index contributed by atoms with van der Waals surface area (Å²) in [6.45, 7) is 4.76. The van der Waals surface area contributed by atoms with E-state index in [1.807, 2.05) is 12.1 Å². The predicted molar refractivity (Wildman–Crippen MR) is 88.9 cm³/mol. The predicted octanol–water partition coefficient (Wildman–Crippen LogP) is 3.39. The van der Waals surface area contributed by atoms with E-state index in [0.717, 1.165) is 27.4 Å². The molecule has 1 aromatic rings. The van der Waals surface area contributed by atoms with Crippen molar-refractivity contribution in [2.45, 2.75) is 25.6 Å². The first kappa shape index (κ1) is 14.9. The minimum atomic E-state index is -0.483. The minimum absolute atomic E-state index is 0.167. The summed E-state index contributed by atoms with van der Waals surface area (Å²) in [4.78, 5) is 15.5. The third-order valence-electron chi connectivity index (χ3n) is 3.64. The van der Waals surface area contributed by atoms with E-state index in [0.29, 0.717) is 6.61 Å². The van der Waals surface area contributed by atoms with E-state index in [4.69, 9.17) is 4.74 Å². The molecule has 21 heavy (non-hydrogen) atoms. The zero-order valence-corrected chi connectivity index (χ0v) is 14.4. The molecule has 2 aliphatic heterocycles. The summed E-state index contributed by atoms with van der Waals surface area (Å²) in [5.74, 6) is 0.842. The van der Waals surface area contributed by atoms with E-state index < -0.39 is 6.23 Å². The maximum Gasteiger partial charge on any atom is 0.187 e. The number of carbonyl (C=O) groups excluding carboxylic acids is 1. The van der Waals surface area contributed by atoms with Gasteiger partial charge in [-0.15, -0.1) is 0 Å². The molecule has 2 heterocycles. The van der Waals surface area contributed by atoms with Crippen molar-refractivity contribution in [1.82, 2.24) is 4.90 Å². The monoisotopic (exact) mass is 368 g/mol. The lowest BCUT2D eigenvalue weighted by atomic mass is 10.1. The van der Waals surface area contributed by atoms with Gasteiger partial charge in [0.25, 0.3) is 0 Å².